The largest absolute Gasteiger partial charge is 0.351 e. The number of anilines is 1. The van der Waals surface area contributed by atoms with E-state index in [0.717, 1.165) is 0 Å². The second-order valence-corrected chi connectivity index (χ2v) is 4.56. The summed E-state index contributed by atoms with van der Waals surface area (Å²) in [5.74, 6) is 0.174. The second-order valence-electron chi connectivity index (χ2n) is 3.78. The molecule has 0 saturated heterocycles. The van der Waals surface area contributed by atoms with Gasteiger partial charge in [-0.3, -0.25) is 9.59 Å². The lowest BCUT2D eigenvalue weighted by atomic mass is 10.3. The molecule has 2 amide bonds. The van der Waals surface area contributed by atoms with Crippen molar-refractivity contribution < 1.29 is 9.59 Å². The molecule has 0 fully saturated rings. The maximum absolute atomic E-state index is 11.6. The Kier molecular flexibility index (Phi) is 4.63. The highest BCUT2D eigenvalue weighted by Crippen LogP contribution is 2.05. The molecule has 0 unspecified atom stereocenters. The fraction of sp³-hybridized carbons (Fsp3) is 0.154. The molecular formula is C13H13N3O2S. The Labute approximate surface area is 114 Å². The van der Waals surface area contributed by atoms with Gasteiger partial charge < -0.3 is 10.6 Å². The third kappa shape index (κ3) is 4.18. The third-order valence-corrected chi connectivity index (χ3v) is 3.04. The average molecular weight is 275 g/mol. The van der Waals surface area contributed by atoms with Crippen molar-refractivity contribution in [2.75, 3.05) is 11.9 Å². The zero-order valence-corrected chi connectivity index (χ0v) is 10.9. The lowest BCUT2D eigenvalue weighted by molar-refractivity contribution is -0.116. The Bertz CT molecular complexity index is 540. The van der Waals surface area contributed by atoms with Gasteiger partial charge in [-0.15, -0.1) is 0 Å². The molecule has 0 spiro atoms. The molecule has 2 rings (SSSR count). The van der Waals surface area contributed by atoms with Crippen LogP contribution >= 0.6 is 11.3 Å². The number of thiophene rings is 1. The smallest absolute Gasteiger partial charge is 0.252 e. The first-order valence-corrected chi connectivity index (χ1v) is 6.71. The van der Waals surface area contributed by atoms with Crippen molar-refractivity contribution in [3.63, 3.8) is 0 Å². The Balaban J connectivity index is 1.71. The molecule has 0 atom stereocenters. The monoisotopic (exact) mass is 275 g/mol. The van der Waals surface area contributed by atoms with Crippen LogP contribution in [0.15, 0.2) is 41.2 Å². The van der Waals surface area contributed by atoms with E-state index in [0.29, 0.717) is 17.9 Å². The molecule has 2 aromatic heterocycles. The van der Waals surface area contributed by atoms with E-state index >= 15 is 0 Å². The van der Waals surface area contributed by atoms with Crippen LogP contribution in [0.25, 0.3) is 0 Å². The number of carbonyl (C=O) groups excluding carboxylic acids is 2. The van der Waals surface area contributed by atoms with Crippen LogP contribution in [-0.4, -0.2) is 23.3 Å². The molecule has 0 aliphatic heterocycles. The number of hydrogen-bond donors (Lipinski definition) is 2. The van der Waals surface area contributed by atoms with Crippen LogP contribution < -0.4 is 10.6 Å². The molecule has 2 aromatic rings. The molecule has 2 N–H and O–H groups in total. The number of hydrogen-bond acceptors (Lipinski definition) is 4. The highest BCUT2D eigenvalue weighted by molar-refractivity contribution is 7.08. The maximum Gasteiger partial charge on any atom is 0.252 e. The molecule has 0 bridgehead atoms. The summed E-state index contributed by atoms with van der Waals surface area (Å²) in [6, 6.07) is 7.02. The number of aromatic nitrogens is 1. The first kappa shape index (κ1) is 13.2. The van der Waals surface area contributed by atoms with Gasteiger partial charge in [0, 0.05) is 30.1 Å². The maximum atomic E-state index is 11.6. The molecule has 98 valence electrons. The van der Waals surface area contributed by atoms with Gasteiger partial charge >= 0.3 is 0 Å². The summed E-state index contributed by atoms with van der Waals surface area (Å²) in [4.78, 5) is 27.2. The fourth-order valence-corrected chi connectivity index (χ4v) is 2.06. The molecule has 0 aliphatic carbocycles. The SMILES string of the molecule is O=C(CCNC(=O)c1ccsc1)Nc1ccccn1. The van der Waals surface area contributed by atoms with Crippen LogP contribution in [0.1, 0.15) is 16.8 Å². The molecule has 6 heteroatoms. The summed E-state index contributed by atoms with van der Waals surface area (Å²) < 4.78 is 0. The van der Waals surface area contributed by atoms with Crippen LogP contribution in [0.4, 0.5) is 5.82 Å². The molecular weight excluding hydrogens is 262 g/mol. The Hall–Kier alpha value is -2.21. The number of nitrogens with zero attached hydrogens (tertiary/aromatic N) is 1. The quantitative estimate of drug-likeness (QED) is 0.875. The summed E-state index contributed by atoms with van der Waals surface area (Å²) >= 11 is 1.46. The van der Waals surface area contributed by atoms with Gasteiger partial charge in [0.15, 0.2) is 0 Å². The minimum atomic E-state index is -0.177. The zero-order valence-electron chi connectivity index (χ0n) is 10.1. The molecule has 0 saturated carbocycles. The van der Waals surface area contributed by atoms with E-state index in [4.69, 9.17) is 0 Å². The van der Waals surface area contributed by atoms with Crippen molar-refractivity contribution in [3.8, 4) is 0 Å². The lowest BCUT2D eigenvalue weighted by Gasteiger charge is -2.05. The standard InChI is InChI=1S/C13H13N3O2S/c17-12(16-11-3-1-2-6-14-11)4-7-15-13(18)10-5-8-19-9-10/h1-3,5-6,8-9H,4,7H2,(H,15,18)(H,14,16,17). The molecule has 0 aliphatic rings. The zero-order chi connectivity index (χ0) is 13.5. The van der Waals surface area contributed by atoms with Crippen molar-refractivity contribution >= 4 is 29.0 Å². The fourth-order valence-electron chi connectivity index (χ4n) is 1.43. The van der Waals surface area contributed by atoms with Gasteiger partial charge in [0.25, 0.3) is 5.91 Å². The van der Waals surface area contributed by atoms with Crippen molar-refractivity contribution in [2.24, 2.45) is 0 Å². The second kappa shape index (κ2) is 6.65. The predicted octanol–water partition coefficient (Wildman–Crippen LogP) is 1.90. The topological polar surface area (TPSA) is 71.1 Å². The van der Waals surface area contributed by atoms with Crippen molar-refractivity contribution in [2.45, 2.75) is 6.42 Å². The summed E-state index contributed by atoms with van der Waals surface area (Å²) in [7, 11) is 0. The minimum absolute atomic E-state index is 0.160. The summed E-state index contributed by atoms with van der Waals surface area (Å²) in [6.45, 7) is 0.299. The normalized spacial score (nSPS) is 9.89. The number of amides is 2. The summed E-state index contributed by atoms with van der Waals surface area (Å²) in [5.41, 5.74) is 0.620. The molecule has 2 heterocycles. The number of nitrogens with one attached hydrogen (secondary N) is 2. The Morgan fingerprint density at radius 2 is 2.16 bits per heavy atom. The van der Waals surface area contributed by atoms with Crippen LogP contribution in [0.3, 0.4) is 0 Å². The predicted molar refractivity (Wildman–Crippen MR) is 74.1 cm³/mol. The number of carbonyl (C=O) groups is 2. The van der Waals surface area contributed by atoms with Gasteiger partial charge in [-0.1, -0.05) is 6.07 Å². The highest BCUT2D eigenvalue weighted by atomic mass is 32.1. The van der Waals surface area contributed by atoms with Crippen molar-refractivity contribution in [1.82, 2.24) is 10.3 Å². The van der Waals surface area contributed by atoms with Crippen molar-refractivity contribution in [1.29, 1.82) is 0 Å². The van der Waals surface area contributed by atoms with Gasteiger partial charge in [-0.2, -0.15) is 11.3 Å². The van der Waals surface area contributed by atoms with Crippen LogP contribution in [0, 0.1) is 0 Å². The van der Waals surface area contributed by atoms with E-state index in [-0.39, 0.29) is 18.2 Å². The van der Waals surface area contributed by atoms with Gasteiger partial charge in [-0.25, -0.2) is 4.98 Å². The van der Waals surface area contributed by atoms with E-state index in [1.807, 2.05) is 5.38 Å². The number of pyridine rings is 1. The van der Waals surface area contributed by atoms with E-state index in [2.05, 4.69) is 15.6 Å². The Morgan fingerprint density at radius 1 is 1.26 bits per heavy atom. The first-order chi connectivity index (χ1) is 9.25. The van der Waals surface area contributed by atoms with Gasteiger partial charge in [0.1, 0.15) is 5.82 Å². The lowest BCUT2D eigenvalue weighted by Crippen LogP contribution is -2.27. The first-order valence-electron chi connectivity index (χ1n) is 5.77. The molecule has 19 heavy (non-hydrogen) atoms. The minimum Gasteiger partial charge on any atom is -0.351 e. The van der Waals surface area contributed by atoms with Crippen LogP contribution in [0.5, 0.6) is 0 Å². The summed E-state index contributed by atoms with van der Waals surface area (Å²) in [5, 5.41) is 8.94. The van der Waals surface area contributed by atoms with E-state index in [1.165, 1.54) is 11.3 Å². The Morgan fingerprint density at radius 3 is 2.84 bits per heavy atom. The molecule has 0 radical (unpaired) electrons. The van der Waals surface area contributed by atoms with Crippen LogP contribution in [0.2, 0.25) is 0 Å². The van der Waals surface area contributed by atoms with Gasteiger partial charge in [-0.05, 0) is 23.6 Å². The van der Waals surface area contributed by atoms with Gasteiger partial charge in [0.2, 0.25) is 5.91 Å². The van der Waals surface area contributed by atoms with E-state index in [9.17, 15) is 9.59 Å². The molecule has 0 aromatic carbocycles. The molecule has 5 nitrogen and oxygen atoms in total. The van der Waals surface area contributed by atoms with Crippen LogP contribution in [-0.2, 0) is 4.79 Å². The third-order valence-electron chi connectivity index (χ3n) is 2.35. The highest BCUT2D eigenvalue weighted by Gasteiger charge is 2.07. The number of rotatable bonds is 5. The van der Waals surface area contributed by atoms with E-state index in [1.54, 1.807) is 35.8 Å². The van der Waals surface area contributed by atoms with Crippen molar-refractivity contribution in [3.05, 3.63) is 46.8 Å². The summed E-state index contributed by atoms with van der Waals surface area (Å²) in [6.07, 6.45) is 1.82. The average Bonchev–Trinajstić information content (AvgIpc) is 2.93. The van der Waals surface area contributed by atoms with Gasteiger partial charge in [0.05, 0.1) is 0 Å². The van der Waals surface area contributed by atoms with E-state index < -0.39 is 0 Å².